The average Bonchev–Trinajstić information content (AvgIpc) is 3.03. The summed E-state index contributed by atoms with van der Waals surface area (Å²) in [5.74, 6) is 1.30. The molecule has 0 amide bonds. The summed E-state index contributed by atoms with van der Waals surface area (Å²) in [5, 5.41) is 3.95. The van der Waals surface area contributed by atoms with E-state index < -0.39 is 0 Å². The number of hydrogen-bond donors (Lipinski definition) is 0. The lowest BCUT2D eigenvalue weighted by Crippen LogP contribution is -1.98. The van der Waals surface area contributed by atoms with E-state index in [1.807, 2.05) is 41.1 Å². The zero-order chi connectivity index (χ0) is 12.2. The van der Waals surface area contributed by atoms with Crippen molar-refractivity contribution in [1.29, 1.82) is 0 Å². The van der Waals surface area contributed by atoms with Gasteiger partial charge in [0.1, 0.15) is 0 Å². The molecule has 0 N–H and O–H groups in total. The van der Waals surface area contributed by atoms with E-state index in [0.717, 1.165) is 5.56 Å². The molecule has 0 unspecified atom stereocenters. The zero-order valence-electron chi connectivity index (χ0n) is 9.73. The van der Waals surface area contributed by atoms with Crippen molar-refractivity contribution < 1.29 is 4.52 Å². The molecule has 0 spiro atoms. The molecular weight excluding hydrogens is 228 g/mol. The summed E-state index contributed by atoms with van der Waals surface area (Å²) in [6, 6.07) is 10.1. The summed E-state index contributed by atoms with van der Waals surface area (Å²) in [7, 11) is 0. The lowest BCUT2D eigenvalue weighted by molar-refractivity contribution is 0.378. The summed E-state index contributed by atoms with van der Waals surface area (Å²) < 4.78 is 7.12. The van der Waals surface area contributed by atoms with Crippen molar-refractivity contribution in [3.8, 4) is 0 Å². The Morgan fingerprint density at radius 2 is 2.06 bits per heavy atom. The Labute approximate surface area is 104 Å². The van der Waals surface area contributed by atoms with E-state index in [9.17, 15) is 0 Å². The minimum atomic E-state index is 0.582. The van der Waals surface area contributed by atoms with Gasteiger partial charge in [-0.3, -0.25) is 0 Å². The number of benzene rings is 1. The molecule has 2 aromatic heterocycles. The number of nitrogens with zero attached hydrogens (tertiary/aromatic N) is 4. The van der Waals surface area contributed by atoms with Gasteiger partial charge in [0.15, 0.2) is 5.82 Å². The SMILES string of the molecule is c1ccc(Cc2nc(Cn3ccnc3)no2)cc1. The van der Waals surface area contributed by atoms with E-state index in [0.29, 0.717) is 24.7 Å². The monoisotopic (exact) mass is 240 g/mol. The minimum Gasteiger partial charge on any atom is -0.339 e. The van der Waals surface area contributed by atoms with Crippen LogP contribution in [0.1, 0.15) is 17.3 Å². The van der Waals surface area contributed by atoms with E-state index >= 15 is 0 Å². The first-order valence-corrected chi connectivity index (χ1v) is 5.71. The lowest BCUT2D eigenvalue weighted by Gasteiger charge is -1.95. The Balaban J connectivity index is 1.70. The normalized spacial score (nSPS) is 10.7. The molecule has 5 nitrogen and oxygen atoms in total. The Kier molecular flexibility index (Phi) is 2.87. The predicted octanol–water partition coefficient (Wildman–Crippen LogP) is 1.91. The van der Waals surface area contributed by atoms with Crippen LogP contribution in [0, 0.1) is 0 Å². The first kappa shape index (κ1) is 10.7. The number of imidazole rings is 1. The molecule has 90 valence electrons. The third-order valence-corrected chi connectivity index (χ3v) is 2.59. The summed E-state index contributed by atoms with van der Waals surface area (Å²) in [5.41, 5.74) is 1.16. The topological polar surface area (TPSA) is 56.7 Å². The summed E-state index contributed by atoms with van der Waals surface area (Å²) in [6.45, 7) is 0.582. The molecule has 3 aromatic rings. The molecule has 0 bridgehead atoms. The highest BCUT2D eigenvalue weighted by molar-refractivity contribution is 5.17. The fourth-order valence-corrected chi connectivity index (χ4v) is 1.74. The molecule has 0 aliphatic heterocycles. The van der Waals surface area contributed by atoms with Crippen molar-refractivity contribution in [2.45, 2.75) is 13.0 Å². The van der Waals surface area contributed by atoms with Crippen LogP contribution in [-0.2, 0) is 13.0 Å². The Morgan fingerprint density at radius 3 is 2.83 bits per heavy atom. The summed E-state index contributed by atoms with van der Waals surface area (Å²) in [4.78, 5) is 8.32. The maximum absolute atomic E-state index is 5.22. The van der Waals surface area contributed by atoms with Gasteiger partial charge in [-0.05, 0) is 5.56 Å². The first-order chi connectivity index (χ1) is 8.90. The van der Waals surface area contributed by atoms with Gasteiger partial charge >= 0.3 is 0 Å². The molecule has 0 aliphatic rings. The molecule has 1 aromatic carbocycles. The van der Waals surface area contributed by atoms with Gasteiger partial charge in [-0.15, -0.1) is 0 Å². The molecule has 0 fully saturated rings. The van der Waals surface area contributed by atoms with Crippen LogP contribution < -0.4 is 0 Å². The van der Waals surface area contributed by atoms with Gasteiger partial charge in [-0.25, -0.2) is 4.98 Å². The Hall–Kier alpha value is -2.43. The van der Waals surface area contributed by atoms with Crippen LogP contribution >= 0.6 is 0 Å². The van der Waals surface area contributed by atoms with Gasteiger partial charge in [-0.2, -0.15) is 4.98 Å². The van der Waals surface area contributed by atoms with Crippen LogP contribution in [0.4, 0.5) is 0 Å². The number of hydrogen-bond acceptors (Lipinski definition) is 4. The maximum atomic E-state index is 5.22. The van der Waals surface area contributed by atoms with Crippen LogP contribution in [0.2, 0.25) is 0 Å². The maximum Gasteiger partial charge on any atom is 0.231 e. The molecule has 5 heteroatoms. The quantitative estimate of drug-likeness (QED) is 0.699. The third-order valence-electron chi connectivity index (χ3n) is 2.59. The third kappa shape index (κ3) is 2.45. The van der Waals surface area contributed by atoms with E-state index in [1.165, 1.54) is 0 Å². The second kappa shape index (κ2) is 4.83. The molecule has 0 saturated carbocycles. The van der Waals surface area contributed by atoms with Crippen LogP contribution in [-0.4, -0.2) is 19.7 Å². The summed E-state index contributed by atoms with van der Waals surface area (Å²) in [6.07, 6.45) is 5.99. The van der Waals surface area contributed by atoms with E-state index in [4.69, 9.17) is 4.52 Å². The van der Waals surface area contributed by atoms with Gasteiger partial charge in [0.25, 0.3) is 0 Å². The molecular formula is C13H12N4O. The van der Waals surface area contributed by atoms with Gasteiger partial charge in [0.05, 0.1) is 19.3 Å². The average molecular weight is 240 g/mol. The van der Waals surface area contributed by atoms with Gasteiger partial charge in [-0.1, -0.05) is 35.5 Å². The molecule has 0 atom stereocenters. The van der Waals surface area contributed by atoms with E-state index in [1.54, 1.807) is 12.5 Å². The van der Waals surface area contributed by atoms with Gasteiger partial charge in [0, 0.05) is 12.4 Å². The highest BCUT2D eigenvalue weighted by atomic mass is 16.5. The van der Waals surface area contributed by atoms with E-state index in [2.05, 4.69) is 15.1 Å². The lowest BCUT2D eigenvalue weighted by atomic mass is 10.1. The largest absolute Gasteiger partial charge is 0.339 e. The van der Waals surface area contributed by atoms with E-state index in [-0.39, 0.29) is 0 Å². The highest BCUT2D eigenvalue weighted by Gasteiger charge is 2.07. The van der Waals surface area contributed by atoms with Crippen molar-refractivity contribution in [3.05, 3.63) is 66.3 Å². The summed E-state index contributed by atoms with van der Waals surface area (Å²) >= 11 is 0. The van der Waals surface area contributed by atoms with Crippen LogP contribution in [0.15, 0.2) is 53.6 Å². The number of rotatable bonds is 4. The fraction of sp³-hybridized carbons (Fsp3) is 0.154. The second-order valence-electron chi connectivity index (χ2n) is 4.00. The van der Waals surface area contributed by atoms with Crippen molar-refractivity contribution in [1.82, 2.24) is 19.7 Å². The molecule has 0 saturated heterocycles. The first-order valence-electron chi connectivity index (χ1n) is 5.71. The fourth-order valence-electron chi connectivity index (χ4n) is 1.74. The number of aromatic nitrogens is 4. The Morgan fingerprint density at radius 1 is 1.17 bits per heavy atom. The molecule has 0 radical (unpaired) electrons. The van der Waals surface area contributed by atoms with Crippen molar-refractivity contribution in [2.24, 2.45) is 0 Å². The van der Waals surface area contributed by atoms with Crippen molar-refractivity contribution >= 4 is 0 Å². The predicted molar refractivity (Wildman–Crippen MR) is 64.9 cm³/mol. The second-order valence-corrected chi connectivity index (χ2v) is 4.00. The molecule has 3 rings (SSSR count). The molecule has 2 heterocycles. The zero-order valence-corrected chi connectivity index (χ0v) is 9.73. The van der Waals surface area contributed by atoms with Gasteiger partial charge in [0.2, 0.25) is 5.89 Å². The van der Waals surface area contributed by atoms with Crippen molar-refractivity contribution in [2.75, 3.05) is 0 Å². The van der Waals surface area contributed by atoms with Crippen LogP contribution in [0.3, 0.4) is 0 Å². The molecule has 0 aliphatic carbocycles. The molecule has 18 heavy (non-hydrogen) atoms. The highest BCUT2D eigenvalue weighted by Crippen LogP contribution is 2.07. The minimum absolute atomic E-state index is 0.582. The standard InChI is InChI=1S/C13H12N4O/c1-2-4-11(5-3-1)8-13-15-12(16-18-13)9-17-7-6-14-10-17/h1-7,10H,8-9H2. The van der Waals surface area contributed by atoms with Crippen LogP contribution in [0.5, 0.6) is 0 Å². The Bertz CT molecular complexity index is 601. The smallest absolute Gasteiger partial charge is 0.231 e. The van der Waals surface area contributed by atoms with Crippen LogP contribution in [0.25, 0.3) is 0 Å². The van der Waals surface area contributed by atoms with Gasteiger partial charge < -0.3 is 9.09 Å². The van der Waals surface area contributed by atoms with Crippen molar-refractivity contribution in [3.63, 3.8) is 0 Å².